The fraction of sp³-hybridized carbons (Fsp3) is 1.00. The van der Waals surface area contributed by atoms with Gasteiger partial charge in [0.05, 0.1) is 6.61 Å². The molecule has 0 bridgehead atoms. The molecule has 2 N–H and O–H groups in total. The van der Waals surface area contributed by atoms with Crippen LogP contribution in [0.25, 0.3) is 0 Å². The lowest BCUT2D eigenvalue weighted by Gasteiger charge is -2.35. The lowest BCUT2D eigenvalue weighted by atomic mass is 10.0. The number of hydrogen-bond donors (Lipinski definition) is 2. The lowest BCUT2D eigenvalue weighted by molar-refractivity contribution is 0.102. The third-order valence-electron chi connectivity index (χ3n) is 3.41. The maximum atomic E-state index is 9.21. The van der Waals surface area contributed by atoms with Gasteiger partial charge < -0.3 is 10.4 Å². The molecule has 2 rings (SSSR count). The first kappa shape index (κ1) is 15.5. The summed E-state index contributed by atoms with van der Waals surface area (Å²) < 4.78 is 0. The second-order valence-electron chi connectivity index (χ2n) is 4.20. The molecule has 0 saturated carbocycles. The van der Waals surface area contributed by atoms with Gasteiger partial charge in [-0.2, -0.15) is 0 Å². The molecule has 0 aliphatic carbocycles. The molecule has 1 unspecified atom stereocenters. The van der Waals surface area contributed by atoms with Crippen LogP contribution in [0.15, 0.2) is 0 Å². The molecular formula is C10H22Cl2N2O. The third kappa shape index (κ3) is 3.75. The highest BCUT2D eigenvalue weighted by Gasteiger charge is 2.30. The number of nitrogens with one attached hydrogen (secondary N) is 1. The van der Waals surface area contributed by atoms with E-state index in [-0.39, 0.29) is 24.8 Å². The summed E-state index contributed by atoms with van der Waals surface area (Å²) in [5.74, 6) is 0. The molecular weight excluding hydrogens is 235 g/mol. The van der Waals surface area contributed by atoms with Crippen LogP contribution in [0, 0.1) is 0 Å². The fourth-order valence-electron chi connectivity index (χ4n) is 2.67. The molecule has 0 amide bonds. The fourth-order valence-corrected chi connectivity index (χ4v) is 2.67. The molecule has 92 valence electrons. The molecule has 2 saturated heterocycles. The average Bonchev–Trinajstić information content (AvgIpc) is 2.67. The second-order valence-corrected chi connectivity index (χ2v) is 4.20. The van der Waals surface area contributed by atoms with Gasteiger partial charge >= 0.3 is 0 Å². The Bertz CT molecular complexity index is 166. The Morgan fingerprint density at radius 1 is 1.13 bits per heavy atom. The van der Waals surface area contributed by atoms with E-state index >= 15 is 0 Å². The predicted molar refractivity (Wildman–Crippen MR) is 67.2 cm³/mol. The van der Waals surface area contributed by atoms with Gasteiger partial charge in [0.2, 0.25) is 0 Å². The maximum Gasteiger partial charge on any atom is 0.0586 e. The highest BCUT2D eigenvalue weighted by Crippen LogP contribution is 2.23. The van der Waals surface area contributed by atoms with Gasteiger partial charge in [-0.3, -0.25) is 4.90 Å². The van der Waals surface area contributed by atoms with E-state index in [0.29, 0.717) is 12.6 Å². The molecule has 3 nitrogen and oxygen atoms in total. The van der Waals surface area contributed by atoms with Gasteiger partial charge in [0.1, 0.15) is 0 Å². The molecule has 2 heterocycles. The number of halogens is 2. The van der Waals surface area contributed by atoms with Crippen molar-refractivity contribution in [3.8, 4) is 0 Å². The Labute approximate surface area is 104 Å². The van der Waals surface area contributed by atoms with E-state index < -0.39 is 0 Å². The molecule has 0 aromatic carbocycles. The van der Waals surface area contributed by atoms with Crippen molar-refractivity contribution in [1.82, 2.24) is 10.2 Å². The van der Waals surface area contributed by atoms with Crippen LogP contribution in [0.2, 0.25) is 0 Å². The number of aliphatic hydroxyl groups excluding tert-OH is 1. The molecule has 0 aromatic heterocycles. The van der Waals surface area contributed by atoms with Gasteiger partial charge in [-0.1, -0.05) is 0 Å². The molecule has 0 radical (unpaired) electrons. The van der Waals surface area contributed by atoms with Crippen LogP contribution in [0.5, 0.6) is 0 Å². The Morgan fingerprint density at radius 2 is 1.80 bits per heavy atom. The summed E-state index contributed by atoms with van der Waals surface area (Å²) in [6.45, 7) is 3.86. The topological polar surface area (TPSA) is 35.5 Å². The average molecular weight is 257 g/mol. The van der Waals surface area contributed by atoms with Gasteiger partial charge in [0.15, 0.2) is 0 Å². The first-order valence-corrected chi connectivity index (χ1v) is 5.49. The lowest BCUT2D eigenvalue weighted by Crippen LogP contribution is -2.46. The minimum Gasteiger partial charge on any atom is -0.395 e. The molecule has 0 spiro atoms. The zero-order valence-electron chi connectivity index (χ0n) is 9.02. The first-order valence-electron chi connectivity index (χ1n) is 5.49. The van der Waals surface area contributed by atoms with Gasteiger partial charge in [-0.05, 0) is 45.3 Å². The van der Waals surface area contributed by atoms with E-state index in [9.17, 15) is 5.11 Å². The van der Waals surface area contributed by atoms with Gasteiger partial charge in [0, 0.05) is 12.1 Å². The number of rotatable bonds is 2. The van der Waals surface area contributed by atoms with E-state index in [4.69, 9.17) is 0 Å². The molecule has 2 aliphatic rings. The minimum absolute atomic E-state index is 0. The van der Waals surface area contributed by atoms with E-state index in [1.807, 2.05) is 0 Å². The minimum atomic E-state index is 0. The SMILES string of the molecule is Cl.Cl.OCC1CCCN1C1CCNCC1. The summed E-state index contributed by atoms with van der Waals surface area (Å²) in [5, 5.41) is 12.6. The standard InChI is InChI=1S/C10H20N2O.2ClH/c13-8-10-2-1-7-12(10)9-3-5-11-6-4-9;;/h9-11,13H,1-8H2;2*1H. The first-order chi connectivity index (χ1) is 6.42. The van der Waals surface area contributed by atoms with Crippen LogP contribution in [-0.4, -0.2) is 48.3 Å². The zero-order valence-corrected chi connectivity index (χ0v) is 10.7. The van der Waals surface area contributed by atoms with Crippen LogP contribution in [0.1, 0.15) is 25.7 Å². The van der Waals surface area contributed by atoms with Crippen molar-refractivity contribution in [3.63, 3.8) is 0 Å². The summed E-state index contributed by atoms with van der Waals surface area (Å²) in [6, 6.07) is 1.20. The summed E-state index contributed by atoms with van der Waals surface area (Å²) >= 11 is 0. The van der Waals surface area contributed by atoms with E-state index in [1.165, 1.54) is 32.2 Å². The van der Waals surface area contributed by atoms with Crippen molar-refractivity contribution in [3.05, 3.63) is 0 Å². The van der Waals surface area contributed by atoms with Crippen molar-refractivity contribution in [2.75, 3.05) is 26.2 Å². The Balaban J connectivity index is 0.000000980. The number of aliphatic hydroxyl groups is 1. The largest absolute Gasteiger partial charge is 0.395 e. The van der Waals surface area contributed by atoms with E-state index in [1.54, 1.807) is 0 Å². The maximum absolute atomic E-state index is 9.21. The van der Waals surface area contributed by atoms with Gasteiger partial charge in [0.25, 0.3) is 0 Å². The van der Waals surface area contributed by atoms with Crippen molar-refractivity contribution in [2.45, 2.75) is 37.8 Å². The van der Waals surface area contributed by atoms with Crippen LogP contribution in [-0.2, 0) is 0 Å². The van der Waals surface area contributed by atoms with Crippen LogP contribution in [0.3, 0.4) is 0 Å². The summed E-state index contributed by atoms with van der Waals surface area (Å²) in [7, 11) is 0. The summed E-state index contributed by atoms with van der Waals surface area (Å²) in [6.07, 6.45) is 4.99. The van der Waals surface area contributed by atoms with Crippen molar-refractivity contribution < 1.29 is 5.11 Å². The number of likely N-dealkylation sites (tertiary alicyclic amines) is 1. The Morgan fingerprint density at radius 3 is 2.40 bits per heavy atom. The number of nitrogens with zero attached hydrogens (tertiary/aromatic N) is 1. The Hall–Kier alpha value is 0.460. The number of hydrogen-bond acceptors (Lipinski definition) is 3. The van der Waals surface area contributed by atoms with Gasteiger partial charge in [-0.25, -0.2) is 0 Å². The zero-order chi connectivity index (χ0) is 9.10. The normalized spacial score (nSPS) is 28.2. The summed E-state index contributed by atoms with van der Waals surface area (Å²) in [4.78, 5) is 2.53. The monoisotopic (exact) mass is 256 g/mol. The second kappa shape index (κ2) is 7.69. The molecule has 2 fully saturated rings. The van der Waals surface area contributed by atoms with Crippen molar-refractivity contribution in [1.29, 1.82) is 0 Å². The highest BCUT2D eigenvalue weighted by molar-refractivity contribution is 5.85. The molecule has 1 atom stereocenters. The van der Waals surface area contributed by atoms with E-state index in [2.05, 4.69) is 10.2 Å². The van der Waals surface area contributed by atoms with Crippen LogP contribution in [0.4, 0.5) is 0 Å². The number of piperidine rings is 1. The molecule has 5 heteroatoms. The van der Waals surface area contributed by atoms with Crippen molar-refractivity contribution in [2.24, 2.45) is 0 Å². The quantitative estimate of drug-likeness (QED) is 0.776. The van der Waals surface area contributed by atoms with E-state index in [0.717, 1.165) is 19.1 Å². The van der Waals surface area contributed by atoms with Crippen LogP contribution < -0.4 is 5.32 Å². The van der Waals surface area contributed by atoms with Crippen LogP contribution >= 0.6 is 24.8 Å². The molecule has 2 aliphatic heterocycles. The summed E-state index contributed by atoms with van der Waals surface area (Å²) in [5.41, 5.74) is 0. The third-order valence-corrected chi connectivity index (χ3v) is 3.41. The molecule has 15 heavy (non-hydrogen) atoms. The smallest absolute Gasteiger partial charge is 0.0586 e. The molecule has 0 aromatic rings. The Kier molecular flexibility index (Phi) is 7.92. The van der Waals surface area contributed by atoms with Crippen molar-refractivity contribution >= 4 is 24.8 Å². The van der Waals surface area contributed by atoms with Gasteiger partial charge in [-0.15, -0.1) is 24.8 Å². The highest BCUT2D eigenvalue weighted by atomic mass is 35.5. The predicted octanol–water partition coefficient (Wildman–Crippen LogP) is 1.04.